The van der Waals surface area contributed by atoms with Crippen LogP contribution < -0.4 is 25.0 Å². The van der Waals surface area contributed by atoms with Gasteiger partial charge in [-0.25, -0.2) is 4.98 Å². The Labute approximate surface area is 147 Å². The lowest BCUT2D eigenvalue weighted by Gasteiger charge is -2.29. The molecule has 132 valence electrons. The standard InChI is InChI=1S/C18H22N4O3/c1-24-15-9-13(10-16(11-15)25-2)18(23)21-17-4-3-14(12-20-17)22-7-5-19-6-8-22/h3-4,9-12,19H,5-8H2,1-2H3,(H,20,21,23). The number of rotatable bonds is 5. The van der Waals surface area contributed by atoms with Crippen LogP contribution in [-0.4, -0.2) is 51.3 Å². The molecule has 0 radical (unpaired) electrons. The summed E-state index contributed by atoms with van der Waals surface area (Å²) in [6, 6.07) is 8.82. The fourth-order valence-electron chi connectivity index (χ4n) is 2.70. The number of hydrogen-bond donors (Lipinski definition) is 2. The highest BCUT2D eigenvalue weighted by molar-refractivity contribution is 6.04. The maximum Gasteiger partial charge on any atom is 0.257 e. The lowest BCUT2D eigenvalue weighted by Crippen LogP contribution is -2.43. The van der Waals surface area contributed by atoms with Crippen LogP contribution in [0, 0.1) is 0 Å². The minimum Gasteiger partial charge on any atom is -0.497 e. The van der Waals surface area contributed by atoms with Crippen LogP contribution in [0.5, 0.6) is 11.5 Å². The molecule has 1 amide bonds. The predicted octanol–water partition coefficient (Wildman–Crippen LogP) is 1.76. The summed E-state index contributed by atoms with van der Waals surface area (Å²) in [6.07, 6.45) is 1.78. The van der Waals surface area contributed by atoms with E-state index in [0.717, 1.165) is 31.9 Å². The quantitative estimate of drug-likeness (QED) is 0.862. The third kappa shape index (κ3) is 4.19. The van der Waals surface area contributed by atoms with Gasteiger partial charge in [-0.15, -0.1) is 0 Å². The predicted molar refractivity (Wildman–Crippen MR) is 96.8 cm³/mol. The molecule has 0 saturated carbocycles. The maximum atomic E-state index is 12.5. The number of piperazine rings is 1. The Morgan fingerprint density at radius 2 is 1.80 bits per heavy atom. The molecular weight excluding hydrogens is 320 g/mol. The van der Waals surface area contributed by atoms with Gasteiger partial charge in [0.25, 0.3) is 5.91 Å². The lowest BCUT2D eigenvalue weighted by atomic mass is 10.2. The van der Waals surface area contributed by atoms with Crippen molar-refractivity contribution in [2.75, 3.05) is 50.6 Å². The zero-order chi connectivity index (χ0) is 17.6. The normalized spacial score (nSPS) is 14.1. The summed E-state index contributed by atoms with van der Waals surface area (Å²) >= 11 is 0. The summed E-state index contributed by atoms with van der Waals surface area (Å²) in [5, 5.41) is 6.12. The average Bonchev–Trinajstić information content (AvgIpc) is 2.68. The molecule has 2 aromatic rings. The van der Waals surface area contributed by atoms with E-state index >= 15 is 0 Å². The first-order chi connectivity index (χ1) is 12.2. The topological polar surface area (TPSA) is 75.7 Å². The summed E-state index contributed by atoms with van der Waals surface area (Å²) in [7, 11) is 3.10. The van der Waals surface area contributed by atoms with Gasteiger partial charge in [-0.2, -0.15) is 0 Å². The molecule has 0 unspecified atom stereocenters. The van der Waals surface area contributed by atoms with E-state index in [9.17, 15) is 4.79 Å². The minimum atomic E-state index is -0.264. The van der Waals surface area contributed by atoms with Crippen LogP contribution in [-0.2, 0) is 0 Å². The molecule has 1 aromatic carbocycles. The molecule has 2 N–H and O–H groups in total. The largest absolute Gasteiger partial charge is 0.497 e. The Morgan fingerprint density at radius 3 is 2.36 bits per heavy atom. The van der Waals surface area contributed by atoms with Gasteiger partial charge in [-0.1, -0.05) is 0 Å². The zero-order valence-electron chi connectivity index (χ0n) is 14.4. The SMILES string of the molecule is COc1cc(OC)cc(C(=O)Nc2ccc(N3CCNCC3)cn2)c1. The van der Waals surface area contributed by atoms with E-state index in [4.69, 9.17) is 9.47 Å². The molecule has 7 nitrogen and oxygen atoms in total. The van der Waals surface area contributed by atoms with Crippen molar-refractivity contribution in [2.45, 2.75) is 0 Å². The first-order valence-electron chi connectivity index (χ1n) is 8.16. The van der Waals surface area contributed by atoms with Crippen molar-refractivity contribution in [3.63, 3.8) is 0 Å². The summed E-state index contributed by atoms with van der Waals surface area (Å²) in [6.45, 7) is 3.85. The number of carbonyl (C=O) groups excluding carboxylic acids is 1. The van der Waals surface area contributed by atoms with Gasteiger partial charge in [0.05, 0.1) is 26.1 Å². The molecule has 1 aromatic heterocycles. The van der Waals surface area contributed by atoms with Crippen LogP contribution in [0.4, 0.5) is 11.5 Å². The molecule has 25 heavy (non-hydrogen) atoms. The molecule has 1 aliphatic heterocycles. The molecule has 2 heterocycles. The smallest absolute Gasteiger partial charge is 0.257 e. The van der Waals surface area contributed by atoms with Crippen molar-refractivity contribution >= 4 is 17.4 Å². The molecule has 0 bridgehead atoms. The molecule has 1 fully saturated rings. The van der Waals surface area contributed by atoms with Crippen molar-refractivity contribution < 1.29 is 14.3 Å². The monoisotopic (exact) mass is 342 g/mol. The van der Waals surface area contributed by atoms with Crippen molar-refractivity contribution in [3.8, 4) is 11.5 Å². The van der Waals surface area contributed by atoms with Crippen molar-refractivity contribution in [1.82, 2.24) is 10.3 Å². The van der Waals surface area contributed by atoms with E-state index in [1.165, 1.54) is 0 Å². The number of nitrogens with one attached hydrogen (secondary N) is 2. The lowest BCUT2D eigenvalue weighted by molar-refractivity contribution is 0.102. The number of ether oxygens (including phenoxy) is 2. The second-order valence-electron chi connectivity index (χ2n) is 5.69. The molecule has 1 saturated heterocycles. The van der Waals surface area contributed by atoms with Crippen molar-refractivity contribution in [3.05, 3.63) is 42.1 Å². The Kier molecular flexibility index (Phi) is 5.35. The summed E-state index contributed by atoms with van der Waals surface area (Å²) < 4.78 is 10.4. The van der Waals surface area contributed by atoms with Gasteiger partial charge >= 0.3 is 0 Å². The summed E-state index contributed by atoms with van der Waals surface area (Å²) in [4.78, 5) is 19.1. The van der Waals surface area contributed by atoms with Crippen LogP contribution in [0.15, 0.2) is 36.5 Å². The van der Waals surface area contributed by atoms with Gasteiger partial charge in [0.15, 0.2) is 0 Å². The van der Waals surface area contributed by atoms with Gasteiger partial charge < -0.3 is 25.0 Å². The fourth-order valence-corrected chi connectivity index (χ4v) is 2.70. The van der Waals surface area contributed by atoms with E-state index in [1.54, 1.807) is 38.6 Å². The van der Waals surface area contributed by atoms with E-state index in [0.29, 0.717) is 22.9 Å². The first-order valence-corrected chi connectivity index (χ1v) is 8.16. The highest BCUT2D eigenvalue weighted by Crippen LogP contribution is 2.23. The van der Waals surface area contributed by atoms with E-state index in [1.807, 2.05) is 12.1 Å². The minimum absolute atomic E-state index is 0.264. The molecular formula is C18H22N4O3. The maximum absolute atomic E-state index is 12.5. The van der Waals surface area contributed by atoms with Crippen LogP contribution in [0.2, 0.25) is 0 Å². The number of aromatic nitrogens is 1. The molecule has 0 aliphatic carbocycles. The summed E-state index contributed by atoms with van der Waals surface area (Å²) in [5.74, 6) is 1.36. The zero-order valence-corrected chi connectivity index (χ0v) is 14.4. The Bertz CT molecular complexity index is 705. The van der Waals surface area contributed by atoms with Crippen molar-refractivity contribution in [1.29, 1.82) is 0 Å². The number of anilines is 2. The van der Waals surface area contributed by atoms with Gasteiger partial charge in [-0.05, 0) is 24.3 Å². The second kappa shape index (κ2) is 7.85. The first kappa shape index (κ1) is 17.0. The van der Waals surface area contributed by atoms with Crippen LogP contribution in [0.3, 0.4) is 0 Å². The van der Waals surface area contributed by atoms with Gasteiger partial charge in [-0.3, -0.25) is 4.79 Å². The average molecular weight is 342 g/mol. The number of amides is 1. The van der Waals surface area contributed by atoms with Crippen LogP contribution in [0.25, 0.3) is 0 Å². The summed E-state index contributed by atoms with van der Waals surface area (Å²) in [5.41, 5.74) is 1.51. The number of methoxy groups -OCH3 is 2. The van der Waals surface area contributed by atoms with Crippen LogP contribution >= 0.6 is 0 Å². The molecule has 3 rings (SSSR count). The van der Waals surface area contributed by atoms with Crippen molar-refractivity contribution in [2.24, 2.45) is 0 Å². The molecule has 1 aliphatic rings. The highest BCUT2D eigenvalue weighted by Gasteiger charge is 2.13. The van der Waals surface area contributed by atoms with Gasteiger partial charge in [0, 0.05) is 37.8 Å². The van der Waals surface area contributed by atoms with E-state index in [-0.39, 0.29) is 5.91 Å². The van der Waals surface area contributed by atoms with E-state index < -0.39 is 0 Å². The number of carbonyl (C=O) groups is 1. The Morgan fingerprint density at radius 1 is 1.12 bits per heavy atom. The molecule has 7 heteroatoms. The third-order valence-electron chi connectivity index (χ3n) is 4.09. The number of benzene rings is 1. The van der Waals surface area contributed by atoms with E-state index in [2.05, 4.69) is 20.5 Å². The fraction of sp³-hybridized carbons (Fsp3) is 0.333. The number of hydrogen-bond acceptors (Lipinski definition) is 6. The Balaban J connectivity index is 1.70. The Hall–Kier alpha value is -2.80. The number of nitrogens with zero attached hydrogens (tertiary/aromatic N) is 2. The van der Waals surface area contributed by atoms with Gasteiger partial charge in [0.1, 0.15) is 17.3 Å². The van der Waals surface area contributed by atoms with Gasteiger partial charge in [0.2, 0.25) is 0 Å². The molecule has 0 spiro atoms. The third-order valence-corrected chi connectivity index (χ3v) is 4.09. The van der Waals surface area contributed by atoms with Crippen LogP contribution in [0.1, 0.15) is 10.4 Å². The molecule has 0 atom stereocenters. The number of pyridine rings is 1. The second-order valence-corrected chi connectivity index (χ2v) is 5.69. The highest BCUT2D eigenvalue weighted by atomic mass is 16.5.